The van der Waals surface area contributed by atoms with E-state index in [2.05, 4.69) is 54.8 Å². The molecule has 0 unspecified atom stereocenters. The molecule has 1 aliphatic rings. The van der Waals surface area contributed by atoms with Gasteiger partial charge in [-0.1, -0.05) is 42.5 Å². The van der Waals surface area contributed by atoms with E-state index < -0.39 is 11.7 Å². The molecule has 0 saturated carbocycles. The van der Waals surface area contributed by atoms with Crippen molar-refractivity contribution in [2.75, 3.05) is 41.7 Å². The van der Waals surface area contributed by atoms with Gasteiger partial charge in [0, 0.05) is 45.3 Å². The van der Waals surface area contributed by atoms with E-state index in [0.717, 1.165) is 57.7 Å². The number of nitrogens with zero attached hydrogens (tertiary/aromatic N) is 5. The van der Waals surface area contributed by atoms with Gasteiger partial charge in [0.1, 0.15) is 0 Å². The van der Waals surface area contributed by atoms with Crippen molar-refractivity contribution in [2.45, 2.75) is 52.0 Å². The van der Waals surface area contributed by atoms with Crippen LogP contribution in [0.2, 0.25) is 0 Å². The Hall–Kier alpha value is -3.40. The molecule has 3 aromatic rings. The van der Waals surface area contributed by atoms with E-state index in [4.69, 9.17) is 0 Å². The van der Waals surface area contributed by atoms with Crippen LogP contribution < -0.4 is 15.5 Å². The summed E-state index contributed by atoms with van der Waals surface area (Å²) in [5.41, 5.74) is 1.14. The minimum absolute atomic E-state index is 0.170. The number of hydrogen-bond donors (Lipinski definition) is 2. The van der Waals surface area contributed by atoms with Crippen LogP contribution in [0.1, 0.15) is 43.4 Å². The summed E-state index contributed by atoms with van der Waals surface area (Å²) in [6, 6.07) is 16.0. The fourth-order valence-electron chi connectivity index (χ4n) is 4.45. The standard InChI is InChI=1S/C27H34F3N7/c1-3-37(4-2)26-34-24(31-18-21-11-8-12-22(17-21)27(28,29)30)33-25(35-26)32-23-13-15-36(16-14-23)19-20-9-6-5-7-10-20/h5-12,17,23H,3-4,13-16,18-19H2,1-2H3,(H2,31,32,33,34,35). The number of rotatable bonds is 10. The lowest BCUT2D eigenvalue weighted by Gasteiger charge is -2.32. The largest absolute Gasteiger partial charge is 0.416 e. The quantitative estimate of drug-likeness (QED) is 0.375. The Balaban J connectivity index is 1.42. The normalized spacial score (nSPS) is 14.9. The molecular weight excluding hydrogens is 479 g/mol. The van der Waals surface area contributed by atoms with Gasteiger partial charge in [-0.2, -0.15) is 28.1 Å². The fraction of sp³-hybridized carbons (Fsp3) is 0.444. The van der Waals surface area contributed by atoms with Crippen molar-refractivity contribution in [1.29, 1.82) is 0 Å². The third-order valence-corrected chi connectivity index (χ3v) is 6.54. The maximum Gasteiger partial charge on any atom is 0.416 e. The van der Waals surface area contributed by atoms with Gasteiger partial charge in [-0.3, -0.25) is 4.90 Å². The molecule has 1 fully saturated rings. The van der Waals surface area contributed by atoms with Gasteiger partial charge in [0.15, 0.2) is 0 Å². The zero-order valence-corrected chi connectivity index (χ0v) is 21.3. The lowest BCUT2D eigenvalue weighted by atomic mass is 10.0. The average molecular weight is 514 g/mol. The van der Waals surface area contributed by atoms with Gasteiger partial charge in [0.05, 0.1) is 5.56 Å². The Morgan fingerprint density at radius 2 is 1.57 bits per heavy atom. The molecule has 1 saturated heterocycles. The molecule has 10 heteroatoms. The number of halogens is 3. The van der Waals surface area contributed by atoms with Crippen LogP contribution in [-0.2, 0) is 19.3 Å². The first-order valence-electron chi connectivity index (χ1n) is 12.8. The Labute approximate surface area is 216 Å². The molecule has 1 aromatic heterocycles. The van der Waals surface area contributed by atoms with Crippen LogP contribution in [0.5, 0.6) is 0 Å². The molecule has 0 aliphatic carbocycles. The molecular formula is C27H34F3N7. The number of nitrogens with one attached hydrogen (secondary N) is 2. The van der Waals surface area contributed by atoms with Gasteiger partial charge in [-0.25, -0.2) is 0 Å². The fourth-order valence-corrected chi connectivity index (χ4v) is 4.45. The molecule has 7 nitrogen and oxygen atoms in total. The Bertz CT molecular complexity index is 1130. The lowest BCUT2D eigenvalue weighted by Crippen LogP contribution is -2.39. The minimum atomic E-state index is -4.38. The van der Waals surface area contributed by atoms with Crippen LogP contribution in [0.4, 0.5) is 31.0 Å². The van der Waals surface area contributed by atoms with E-state index >= 15 is 0 Å². The highest BCUT2D eigenvalue weighted by molar-refractivity contribution is 5.44. The van der Waals surface area contributed by atoms with Gasteiger partial charge in [0.2, 0.25) is 17.8 Å². The van der Waals surface area contributed by atoms with Gasteiger partial charge in [-0.05, 0) is 49.9 Å². The number of benzene rings is 2. The van der Waals surface area contributed by atoms with Gasteiger partial charge in [0.25, 0.3) is 0 Å². The molecule has 2 N–H and O–H groups in total. The van der Waals surface area contributed by atoms with Crippen LogP contribution in [0.3, 0.4) is 0 Å². The highest BCUT2D eigenvalue weighted by atomic mass is 19.4. The predicted octanol–water partition coefficient (Wildman–Crippen LogP) is 5.43. The van der Waals surface area contributed by atoms with Crippen molar-refractivity contribution in [2.24, 2.45) is 0 Å². The van der Waals surface area contributed by atoms with Gasteiger partial charge >= 0.3 is 6.18 Å². The number of anilines is 3. The number of hydrogen-bond acceptors (Lipinski definition) is 7. The van der Waals surface area contributed by atoms with Crippen molar-refractivity contribution in [1.82, 2.24) is 19.9 Å². The van der Waals surface area contributed by atoms with Crippen molar-refractivity contribution >= 4 is 17.8 Å². The van der Waals surface area contributed by atoms with E-state index in [1.165, 1.54) is 11.6 Å². The molecule has 2 heterocycles. The Morgan fingerprint density at radius 1 is 0.892 bits per heavy atom. The van der Waals surface area contributed by atoms with E-state index in [-0.39, 0.29) is 12.6 Å². The number of likely N-dealkylation sites (tertiary alicyclic amines) is 1. The van der Waals surface area contributed by atoms with E-state index in [0.29, 0.717) is 23.4 Å². The highest BCUT2D eigenvalue weighted by Gasteiger charge is 2.30. The summed E-state index contributed by atoms with van der Waals surface area (Å²) in [4.78, 5) is 18.2. The monoisotopic (exact) mass is 513 g/mol. The SMILES string of the molecule is CCN(CC)c1nc(NCc2cccc(C(F)(F)F)c2)nc(NC2CCN(Cc3ccccc3)CC2)n1. The van der Waals surface area contributed by atoms with E-state index in [1.54, 1.807) is 6.07 Å². The molecule has 198 valence electrons. The maximum absolute atomic E-state index is 13.1. The van der Waals surface area contributed by atoms with Gasteiger partial charge in [-0.15, -0.1) is 0 Å². The summed E-state index contributed by atoms with van der Waals surface area (Å²) >= 11 is 0. The molecule has 37 heavy (non-hydrogen) atoms. The van der Waals surface area contributed by atoms with Crippen molar-refractivity contribution in [3.63, 3.8) is 0 Å². The lowest BCUT2D eigenvalue weighted by molar-refractivity contribution is -0.137. The van der Waals surface area contributed by atoms with Crippen molar-refractivity contribution < 1.29 is 13.2 Å². The second kappa shape index (κ2) is 12.2. The maximum atomic E-state index is 13.1. The molecule has 0 bridgehead atoms. The summed E-state index contributed by atoms with van der Waals surface area (Å²) in [5.74, 6) is 1.35. The van der Waals surface area contributed by atoms with Crippen LogP contribution in [0.15, 0.2) is 54.6 Å². The second-order valence-electron chi connectivity index (χ2n) is 9.19. The summed E-state index contributed by atoms with van der Waals surface area (Å²) in [6.07, 6.45) is -2.45. The van der Waals surface area contributed by atoms with E-state index in [1.807, 2.05) is 24.8 Å². The van der Waals surface area contributed by atoms with Crippen LogP contribution >= 0.6 is 0 Å². The third-order valence-electron chi connectivity index (χ3n) is 6.54. The molecule has 0 atom stereocenters. The Morgan fingerprint density at radius 3 is 2.24 bits per heavy atom. The summed E-state index contributed by atoms with van der Waals surface area (Å²) in [6.45, 7) is 8.56. The average Bonchev–Trinajstić information content (AvgIpc) is 2.90. The summed E-state index contributed by atoms with van der Waals surface area (Å²) < 4.78 is 39.3. The Kier molecular flexibility index (Phi) is 8.81. The third kappa shape index (κ3) is 7.55. The first-order chi connectivity index (χ1) is 17.8. The molecule has 2 aromatic carbocycles. The number of alkyl halides is 3. The molecule has 4 rings (SSSR count). The molecule has 0 spiro atoms. The van der Waals surface area contributed by atoms with Crippen molar-refractivity contribution in [3.8, 4) is 0 Å². The van der Waals surface area contributed by atoms with E-state index in [9.17, 15) is 13.2 Å². The number of piperidine rings is 1. The van der Waals surface area contributed by atoms with Crippen LogP contribution in [0, 0.1) is 0 Å². The summed E-state index contributed by atoms with van der Waals surface area (Å²) in [7, 11) is 0. The summed E-state index contributed by atoms with van der Waals surface area (Å²) in [5, 5.41) is 6.56. The topological polar surface area (TPSA) is 69.2 Å². The first-order valence-corrected chi connectivity index (χ1v) is 12.8. The van der Waals surface area contributed by atoms with Crippen molar-refractivity contribution in [3.05, 3.63) is 71.3 Å². The number of aromatic nitrogens is 3. The zero-order valence-electron chi connectivity index (χ0n) is 21.3. The predicted molar refractivity (Wildman–Crippen MR) is 141 cm³/mol. The van der Waals surface area contributed by atoms with Crippen LogP contribution in [0.25, 0.3) is 0 Å². The molecule has 1 aliphatic heterocycles. The minimum Gasteiger partial charge on any atom is -0.351 e. The molecule has 0 amide bonds. The smallest absolute Gasteiger partial charge is 0.351 e. The highest BCUT2D eigenvalue weighted by Crippen LogP contribution is 2.29. The van der Waals surface area contributed by atoms with Gasteiger partial charge < -0.3 is 15.5 Å². The zero-order chi connectivity index (χ0) is 26.3. The first kappa shape index (κ1) is 26.7. The van der Waals surface area contributed by atoms with Crippen LogP contribution in [-0.4, -0.2) is 52.1 Å². The second-order valence-corrected chi connectivity index (χ2v) is 9.19. The molecule has 0 radical (unpaired) electrons.